The quantitative estimate of drug-likeness (QED) is 0.831. The number of amides is 3. The number of nitrogens with zero attached hydrogens (tertiary/aromatic N) is 1. The second-order valence-electron chi connectivity index (χ2n) is 5.04. The van der Waals surface area contributed by atoms with Crippen molar-refractivity contribution in [1.29, 1.82) is 0 Å². The summed E-state index contributed by atoms with van der Waals surface area (Å²) in [7, 11) is 0. The molecule has 0 aliphatic carbocycles. The number of imide groups is 1. The number of phenols is 1. The maximum atomic E-state index is 12.1. The highest BCUT2D eigenvalue weighted by Crippen LogP contribution is 2.28. The van der Waals surface area contributed by atoms with Crippen molar-refractivity contribution in [3.63, 3.8) is 0 Å². The fourth-order valence-corrected chi connectivity index (χ4v) is 2.41. The number of hydrogen-bond donors (Lipinski definition) is 2. The van der Waals surface area contributed by atoms with Gasteiger partial charge in [0.25, 0.3) is 5.91 Å². The Bertz CT molecular complexity index is 802. The molecule has 7 nitrogen and oxygen atoms in total. The lowest BCUT2D eigenvalue weighted by Gasteiger charge is -2.12. The molecule has 1 fully saturated rings. The van der Waals surface area contributed by atoms with Crippen molar-refractivity contribution in [3.05, 3.63) is 42.0 Å². The molecule has 1 aliphatic heterocycles. The number of nitrogens with one attached hydrogen (secondary N) is 1. The molecule has 118 valence electrons. The van der Waals surface area contributed by atoms with Crippen LogP contribution in [0.2, 0.25) is 0 Å². The summed E-state index contributed by atoms with van der Waals surface area (Å²) >= 11 is 0. The number of fused-ring (bicyclic) bond motifs is 1. The third-order valence-corrected chi connectivity index (χ3v) is 3.61. The largest absolute Gasteiger partial charge is 0.506 e. The average molecular weight is 314 g/mol. The van der Waals surface area contributed by atoms with Crippen LogP contribution in [-0.2, 0) is 9.53 Å². The van der Waals surface area contributed by atoms with Crippen LogP contribution in [0.5, 0.6) is 5.75 Å². The first kappa shape index (κ1) is 14.8. The van der Waals surface area contributed by atoms with Crippen LogP contribution in [-0.4, -0.2) is 47.6 Å². The molecule has 1 heterocycles. The molecule has 2 N–H and O–H groups in total. The summed E-state index contributed by atoms with van der Waals surface area (Å²) in [6.07, 6.45) is 0. The van der Waals surface area contributed by atoms with Crippen molar-refractivity contribution in [2.75, 3.05) is 19.7 Å². The highest BCUT2D eigenvalue weighted by atomic mass is 16.5. The summed E-state index contributed by atoms with van der Waals surface area (Å²) in [4.78, 5) is 36.2. The van der Waals surface area contributed by atoms with E-state index in [1.807, 2.05) is 6.07 Å². The highest BCUT2D eigenvalue weighted by molar-refractivity contribution is 6.02. The maximum Gasteiger partial charge on any atom is 0.342 e. The van der Waals surface area contributed by atoms with Gasteiger partial charge in [0.2, 0.25) is 0 Å². The Labute approximate surface area is 131 Å². The molecule has 3 rings (SSSR count). The summed E-state index contributed by atoms with van der Waals surface area (Å²) < 4.78 is 4.91. The molecule has 0 aromatic heterocycles. The first-order chi connectivity index (χ1) is 11.1. The van der Waals surface area contributed by atoms with Crippen LogP contribution in [0.3, 0.4) is 0 Å². The SMILES string of the molecule is O=C(OCC(=O)N1CCNC1=O)c1ccc2ccccc2c1O. The summed E-state index contributed by atoms with van der Waals surface area (Å²) in [5, 5.41) is 14.0. The normalized spacial score (nSPS) is 13.9. The van der Waals surface area contributed by atoms with Crippen molar-refractivity contribution in [3.8, 4) is 5.75 Å². The van der Waals surface area contributed by atoms with E-state index in [-0.39, 0.29) is 17.9 Å². The number of carbonyl (C=O) groups excluding carboxylic acids is 3. The van der Waals surface area contributed by atoms with Gasteiger partial charge in [-0.1, -0.05) is 30.3 Å². The lowest BCUT2D eigenvalue weighted by Crippen LogP contribution is -2.37. The van der Waals surface area contributed by atoms with E-state index in [9.17, 15) is 19.5 Å². The number of urea groups is 1. The molecular weight excluding hydrogens is 300 g/mol. The van der Waals surface area contributed by atoms with Gasteiger partial charge < -0.3 is 15.2 Å². The maximum absolute atomic E-state index is 12.1. The van der Waals surface area contributed by atoms with E-state index in [0.29, 0.717) is 11.9 Å². The standard InChI is InChI=1S/C16H14N2O5/c19-13(18-8-7-17-16(18)22)9-23-15(21)12-6-5-10-3-1-2-4-11(10)14(12)20/h1-6,20H,7-9H2,(H,17,22). The smallest absolute Gasteiger partial charge is 0.342 e. The van der Waals surface area contributed by atoms with Gasteiger partial charge in [0.15, 0.2) is 6.61 Å². The average Bonchev–Trinajstić information content (AvgIpc) is 2.99. The van der Waals surface area contributed by atoms with E-state index < -0.39 is 24.5 Å². The molecule has 2 aromatic rings. The molecule has 2 aromatic carbocycles. The Kier molecular flexibility index (Phi) is 3.84. The third-order valence-electron chi connectivity index (χ3n) is 3.61. The lowest BCUT2D eigenvalue weighted by atomic mass is 10.1. The van der Waals surface area contributed by atoms with E-state index in [2.05, 4.69) is 5.32 Å². The van der Waals surface area contributed by atoms with Crippen molar-refractivity contribution in [2.45, 2.75) is 0 Å². The van der Waals surface area contributed by atoms with E-state index in [1.165, 1.54) is 6.07 Å². The second-order valence-corrected chi connectivity index (χ2v) is 5.04. The number of carbonyl (C=O) groups is 3. The van der Waals surface area contributed by atoms with Gasteiger partial charge in [-0.25, -0.2) is 9.59 Å². The van der Waals surface area contributed by atoms with Gasteiger partial charge in [0.1, 0.15) is 11.3 Å². The van der Waals surface area contributed by atoms with Crippen LogP contribution >= 0.6 is 0 Å². The number of phenolic OH excluding ortho intramolecular Hbond substituents is 1. The Morgan fingerprint density at radius 2 is 2.00 bits per heavy atom. The van der Waals surface area contributed by atoms with E-state index in [0.717, 1.165) is 10.3 Å². The van der Waals surface area contributed by atoms with Crippen LogP contribution in [0.1, 0.15) is 10.4 Å². The minimum Gasteiger partial charge on any atom is -0.506 e. The van der Waals surface area contributed by atoms with Gasteiger partial charge in [-0.15, -0.1) is 0 Å². The number of ether oxygens (including phenoxy) is 1. The predicted octanol–water partition coefficient (Wildman–Crippen LogP) is 1.25. The number of esters is 1. The summed E-state index contributed by atoms with van der Waals surface area (Å²) in [6, 6.07) is 9.67. The number of aromatic hydroxyl groups is 1. The Hall–Kier alpha value is -3.09. The Morgan fingerprint density at radius 3 is 2.74 bits per heavy atom. The number of rotatable bonds is 3. The van der Waals surface area contributed by atoms with Crippen molar-refractivity contribution < 1.29 is 24.2 Å². The minimum atomic E-state index is -0.818. The van der Waals surface area contributed by atoms with E-state index >= 15 is 0 Å². The van der Waals surface area contributed by atoms with Crippen LogP contribution in [0.4, 0.5) is 4.79 Å². The fraction of sp³-hybridized carbons (Fsp3) is 0.188. The first-order valence-corrected chi connectivity index (χ1v) is 7.04. The highest BCUT2D eigenvalue weighted by Gasteiger charge is 2.27. The minimum absolute atomic E-state index is 0.0256. The molecule has 0 bridgehead atoms. The molecule has 0 atom stereocenters. The van der Waals surface area contributed by atoms with Crippen LogP contribution in [0, 0.1) is 0 Å². The summed E-state index contributed by atoms with van der Waals surface area (Å²) in [5.41, 5.74) is -0.0256. The molecule has 1 saturated heterocycles. The zero-order chi connectivity index (χ0) is 16.4. The van der Waals surface area contributed by atoms with Gasteiger partial charge in [-0.3, -0.25) is 9.69 Å². The third kappa shape index (κ3) is 2.80. The van der Waals surface area contributed by atoms with Gasteiger partial charge in [-0.05, 0) is 11.5 Å². The van der Waals surface area contributed by atoms with Crippen LogP contribution < -0.4 is 5.32 Å². The molecule has 7 heteroatoms. The zero-order valence-electron chi connectivity index (χ0n) is 12.1. The van der Waals surface area contributed by atoms with Crippen molar-refractivity contribution in [1.82, 2.24) is 10.2 Å². The second kappa shape index (κ2) is 5.96. The fourth-order valence-electron chi connectivity index (χ4n) is 2.41. The molecule has 0 saturated carbocycles. The van der Waals surface area contributed by atoms with Gasteiger partial charge in [0, 0.05) is 18.5 Å². The van der Waals surface area contributed by atoms with Gasteiger partial charge in [0.05, 0.1) is 0 Å². The Morgan fingerprint density at radius 1 is 1.22 bits per heavy atom. The molecule has 0 spiro atoms. The van der Waals surface area contributed by atoms with Gasteiger partial charge in [-0.2, -0.15) is 0 Å². The monoisotopic (exact) mass is 314 g/mol. The molecular formula is C16H14N2O5. The Balaban J connectivity index is 1.72. The molecule has 0 radical (unpaired) electrons. The summed E-state index contributed by atoms with van der Waals surface area (Å²) in [5.74, 6) is -1.62. The van der Waals surface area contributed by atoms with Crippen LogP contribution in [0.15, 0.2) is 36.4 Å². The summed E-state index contributed by atoms with van der Waals surface area (Å²) in [6.45, 7) is 0.0684. The number of hydrogen-bond acceptors (Lipinski definition) is 5. The van der Waals surface area contributed by atoms with Gasteiger partial charge >= 0.3 is 12.0 Å². The number of benzene rings is 2. The zero-order valence-corrected chi connectivity index (χ0v) is 12.1. The topological polar surface area (TPSA) is 95.9 Å². The van der Waals surface area contributed by atoms with Crippen LogP contribution in [0.25, 0.3) is 10.8 Å². The van der Waals surface area contributed by atoms with E-state index in [4.69, 9.17) is 4.74 Å². The molecule has 3 amide bonds. The predicted molar refractivity (Wildman–Crippen MR) is 81.0 cm³/mol. The molecule has 23 heavy (non-hydrogen) atoms. The van der Waals surface area contributed by atoms with Crippen molar-refractivity contribution >= 4 is 28.7 Å². The first-order valence-electron chi connectivity index (χ1n) is 7.04. The van der Waals surface area contributed by atoms with E-state index in [1.54, 1.807) is 24.3 Å². The lowest BCUT2D eigenvalue weighted by molar-refractivity contribution is -0.130. The molecule has 0 unspecified atom stereocenters. The van der Waals surface area contributed by atoms with Crippen molar-refractivity contribution in [2.24, 2.45) is 0 Å². The molecule has 1 aliphatic rings.